The van der Waals surface area contributed by atoms with Crippen LogP contribution in [0.25, 0.3) is 0 Å². The molecule has 25 nitrogen and oxygen atoms in total. The predicted octanol–water partition coefficient (Wildman–Crippen LogP) is 8.12. The van der Waals surface area contributed by atoms with E-state index in [0.717, 1.165) is 51.4 Å². The first-order valence-electron chi connectivity index (χ1n) is 36.3. The first-order chi connectivity index (χ1) is 46.8. The van der Waals surface area contributed by atoms with Crippen LogP contribution in [0.5, 0.6) is 0 Å². The Kier molecular flexibility index (Phi) is 45.0. The zero-order chi connectivity index (χ0) is 73.0. The fourth-order valence-corrected chi connectivity index (χ4v) is 13.8. The maximum Gasteiger partial charge on any atom is 0.407 e. The summed E-state index contributed by atoms with van der Waals surface area (Å²) in [5.41, 5.74) is -0.783. The van der Waals surface area contributed by atoms with Crippen molar-refractivity contribution in [1.29, 1.82) is 0 Å². The molecule has 11 atom stereocenters. The van der Waals surface area contributed by atoms with Gasteiger partial charge in [-0.1, -0.05) is 105 Å². The molecule has 2 rings (SSSR count). The number of hydrogen-bond donors (Lipinski definition) is 6. The molecule has 2 aliphatic rings. The maximum atomic E-state index is 13.7. The number of ether oxygens (including phenoxy) is 8. The number of unbranched alkanes of at least 4 members (excludes halogenated alkanes) is 8. The molecular weight excluding hydrogens is 1260 g/mol. The van der Waals surface area contributed by atoms with Crippen molar-refractivity contribution in [3.63, 3.8) is 0 Å². The minimum Gasteiger partial charge on any atom is -0.469 e. The van der Waals surface area contributed by atoms with Crippen molar-refractivity contribution >= 4 is 65.1 Å². The SMILES string of the molecule is C#CCOCCOCCOCCOCCC(=O)N[C@H](CCC(=O)CCCCCCCNC(=O)C[C@H]1[C@@H](C(NC(C)=O)C(CC)CC)[C@H](NC(=O)OC(C)(C)C)C[C@@H]1C(=O)OC)C(=O)CCC(=O)NCCCCCCCC(=O)O[C@H]1[C@@H](C(NC(C)=O)C(CC)CC)[C@H](C)C[C@@H]1C(=O)OC. The summed E-state index contributed by atoms with van der Waals surface area (Å²) >= 11 is 0. The second-order valence-corrected chi connectivity index (χ2v) is 27.3. The third-order valence-corrected chi connectivity index (χ3v) is 18.8. The smallest absolute Gasteiger partial charge is 0.407 e. The predicted molar refractivity (Wildman–Crippen MR) is 369 cm³/mol. The number of hydrogen-bond acceptors (Lipinski definition) is 19. The van der Waals surface area contributed by atoms with Gasteiger partial charge in [-0.15, -0.1) is 6.42 Å². The van der Waals surface area contributed by atoms with Crippen molar-refractivity contribution in [2.24, 2.45) is 47.3 Å². The zero-order valence-electron chi connectivity index (χ0n) is 61.4. The highest BCUT2D eigenvalue weighted by Gasteiger charge is 2.54. The average molecular weight is 1390 g/mol. The molecular formula is C73H124N6O19. The summed E-state index contributed by atoms with van der Waals surface area (Å²) in [5, 5.41) is 17.9. The Morgan fingerprint density at radius 1 is 0.541 bits per heavy atom. The van der Waals surface area contributed by atoms with E-state index in [4.69, 9.17) is 44.3 Å². The lowest BCUT2D eigenvalue weighted by Gasteiger charge is -2.38. The molecule has 0 aliphatic heterocycles. The molecule has 0 radical (unpaired) electrons. The Balaban J connectivity index is 1.92. The van der Waals surface area contributed by atoms with Crippen LogP contribution in [-0.2, 0) is 85.8 Å². The van der Waals surface area contributed by atoms with Crippen LogP contribution in [0.4, 0.5) is 4.79 Å². The van der Waals surface area contributed by atoms with Crippen LogP contribution >= 0.6 is 0 Å². The number of rotatable bonds is 53. The molecule has 98 heavy (non-hydrogen) atoms. The minimum atomic E-state index is -0.996. The monoisotopic (exact) mass is 1390 g/mol. The summed E-state index contributed by atoms with van der Waals surface area (Å²) in [6.45, 7) is 21.4. The first kappa shape index (κ1) is 87.9. The number of esters is 3. The van der Waals surface area contributed by atoms with E-state index in [0.29, 0.717) is 84.5 Å². The highest BCUT2D eigenvalue weighted by Crippen LogP contribution is 2.46. The van der Waals surface area contributed by atoms with E-state index in [2.05, 4.69) is 51.7 Å². The van der Waals surface area contributed by atoms with Gasteiger partial charge in [-0.3, -0.25) is 47.9 Å². The van der Waals surface area contributed by atoms with Crippen molar-refractivity contribution in [2.75, 3.05) is 80.2 Å². The van der Waals surface area contributed by atoms with Crippen molar-refractivity contribution in [3.8, 4) is 12.3 Å². The number of alkyl carbamates (subject to hydrolysis) is 1. The number of amides is 6. The van der Waals surface area contributed by atoms with E-state index in [1.807, 2.05) is 20.8 Å². The Bertz CT molecular complexity index is 2460. The number of nitrogens with one attached hydrogen (secondary N) is 6. The highest BCUT2D eigenvalue weighted by atomic mass is 16.6. The van der Waals surface area contributed by atoms with Crippen LogP contribution in [0.15, 0.2) is 0 Å². The summed E-state index contributed by atoms with van der Waals surface area (Å²) in [5.74, 6) is -3.36. The quantitative estimate of drug-likeness (QED) is 0.0145. The van der Waals surface area contributed by atoms with E-state index in [-0.39, 0.29) is 149 Å². The molecule has 25 heteroatoms. The fraction of sp³-hybridized carbons (Fsp3) is 0.822. The van der Waals surface area contributed by atoms with Gasteiger partial charge in [-0.05, 0) is 89.4 Å². The van der Waals surface area contributed by atoms with Gasteiger partial charge in [-0.25, -0.2) is 4.79 Å². The highest BCUT2D eigenvalue weighted by molar-refractivity contribution is 5.92. The van der Waals surface area contributed by atoms with E-state index in [1.165, 1.54) is 28.1 Å². The van der Waals surface area contributed by atoms with Crippen LogP contribution in [-0.4, -0.2) is 181 Å². The van der Waals surface area contributed by atoms with Crippen LogP contribution < -0.4 is 31.9 Å². The molecule has 0 saturated heterocycles. The van der Waals surface area contributed by atoms with Crippen molar-refractivity contribution < 1.29 is 90.6 Å². The van der Waals surface area contributed by atoms with Gasteiger partial charge in [-0.2, -0.15) is 0 Å². The van der Waals surface area contributed by atoms with E-state index in [9.17, 15) is 52.7 Å². The maximum absolute atomic E-state index is 13.7. The number of terminal acetylenes is 1. The van der Waals surface area contributed by atoms with Gasteiger partial charge in [0, 0.05) is 102 Å². The summed E-state index contributed by atoms with van der Waals surface area (Å²) in [7, 11) is 2.62. The van der Waals surface area contributed by atoms with Crippen molar-refractivity contribution in [1.82, 2.24) is 31.9 Å². The fourth-order valence-electron chi connectivity index (χ4n) is 13.8. The van der Waals surface area contributed by atoms with E-state index < -0.39 is 83.4 Å². The lowest BCUT2D eigenvalue weighted by atomic mass is 9.75. The number of carbonyl (C=O) groups is 11. The third kappa shape index (κ3) is 35.2. The van der Waals surface area contributed by atoms with E-state index in [1.54, 1.807) is 20.8 Å². The van der Waals surface area contributed by atoms with Crippen molar-refractivity contribution in [2.45, 2.75) is 259 Å². The molecule has 0 aromatic carbocycles. The summed E-state index contributed by atoms with van der Waals surface area (Å²) in [6, 6.07) is -2.31. The normalized spacial score (nSPS) is 19.9. The van der Waals surface area contributed by atoms with Gasteiger partial charge in [0.2, 0.25) is 29.5 Å². The molecule has 2 saturated carbocycles. The van der Waals surface area contributed by atoms with Gasteiger partial charge in [0.1, 0.15) is 24.1 Å². The van der Waals surface area contributed by atoms with Crippen LogP contribution in [0, 0.1) is 59.7 Å². The van der Waals surface area contributed by atoms with Gasteiger partial charge in [0.25, 0.3) is 0 Å². The molecule has 0 aromatic heterocycles. The van der Waals surface area contributed by atoms with Crippen LogP contribution in [0.3, 0.4) is 0 Å². The standard InChI is InChI=1S/C73H124N6O19/c1-14-38-93-40-42-95-44-45-96-43-41-94-39-35-62(85)78-58(60(83)33-34-61(84)74-36-27-24-20-22-26-30-64(87)97-69-57(71(89)92-13)46-49(6)65(69)67(76-50(7)80)52(15-2)16-3)32-31-54(82)29-25-21-19-23-28-37-75-63(86)48-55-56(70(88)91-12)47-59(79-72(90)98-73(9,10)11)66(55)68(77-51(8)81)53(17-4)18-5/h1,49,52-53,55-59,65-69H,15-48H2,2-13H3,(H,74,84)(H,75,86)(H,76,80)(H,77,81)(H,78,85)(H,79,90)/t49-,55-,56+,57+,58-,59-,65-,66-,67?,68?,69-/m1/s1. The molecule has 0 bridgehead atoms. The number of Topliss-reactive ketones (excluding diaryl/α,β-unsaturated/α-hetero) is 2. The molecule has 2 aliphatic carbocycles. The molecule has 2 unspecified atom stereocenters. The van der Waals surface area contributed by atoms with Crippen LogP contribution in [0.2, 0.25) is 0 Å². The first-order valence-corrected chi connectivity index (χ1v) is 36.3. The molecule has 0 spiro atoms. The molecule has 6 N–H and O–H groups in total. The summed E-state index contributed by atoms with van der Waals surface area (Å²) in [4.78, 5) is 144. The zero-order valence-corrected chi connectivity index (χ0v) is 61.4. The van der Waals surface area contributed by atoms with Crippen molar-refractivity contribution in [3.05, 3.63) is 0 Å². The lowest BCUT2D eigenvalue weighted by Crippen LogP contribution is -2.53. The number of methoxy groups -OCH3 is 2. The third-order valence-electron chi connectivity index (χ3n) is 18.8. The Morgan fingerprint density at radius 3 is 1.57 bits per heavy atom. The number of carbonyl (C=O) groups excluding carboxylic acids is 11. The summed E-state index contributed by atoms with van der Waals surface area (Å²) < 4.78 is 43.7. The van der Waals surface area contributed by atoms with Crippen LogP contribution in [0.1, 0.15) is 223 Å². The Labute approximate surface area is 584 Å². The minimum absolute atomic E-state index is 0.00290. The molecule has 2 fully saturated rings. The Hall–Kier alpha value is -6.23. The van der Waals surface area contributed by atoms with E-state index >= 15 is 0 Å². The molecule has 0 aromatic rings. The van der Waals surface area contributed by atoms with Gasteiger partial charge < -0.3 is 69.8 Å². The summed E-state index contributed by atoms with van der Waals surface area (Å²) in [6.07, 6.45) is 14.9. The van der Waals surface area contributed by atoms with Gasteiger partial charge in [0.15, 0.2) is 5.78 Å². The second kappa shape index (κ2) is 50.2. The average Bonchev–Trinajstić information content (AvgIpc) is 1.64. The largest absolute Gasteiger partial charge is 0.469 e. The second-order valence-electron chi connectivity index (χ2n) is 27.3. The topological polar surface area (TPSA) is 334 Å². The van der Waals surface area contributed by atoms with Gasteiger partial charge >= 0.3 is 24.0 Å². The Morgan fingerprint density at radius 2 is 1.04 bits per heavy atom. The lowest BCUT2D eigenvalue weighted by molar-refractivity contribution is -0.162. The molecule has 0 heterocycles. The number of ketones is 2. The molecule has 6 amide bonds. The van der Waals surface area contributed by atoms with Gasteiger partial charge in [0.05, 0.1) is 78.3 Å². The molecule has 560 valence electrons.